The van der Waals surface area contributed by atoms with Gasteiger partial charge >= 0.3 is 0 Å². The van der Waals surface area contributed by atoms with Crippen LogP contribution in [0.4, 0.5) is 0 Å². The molecular formula is C21H25NOS2. The van der Waals surface area contributed by atoms with Gasteiger partial charge in [0.25, 0.3) is 0 Å². The summed E-state index contributed by atoms with van der Waals surface area (Å²) in [6.07, 6.45) is 8.01. The molecule has 0 aromatic carbocycles. The van der Waals surface area contributed by atoms with Crippen LogP contribution >= 0.6 is 22.7 Å². The molecular weight excluding hydrogens is 346 g/mol. The molecule has 0 unspecified atom stereocenters. The lowest BCUT2D eigenvalue weighted by Gasteiger charge is -2.33. The molecule has 1 aliphatic heterocycles. The van der Waals surface area contributed by atoms with Crippen LogP contribution in [-0.2, 0) is 4.79 Å². The SMILES string of the molecule is O=C(C1CCCCC1)N1CCC(=C(c2ccsc2)c2ccsc2)CC1. The number of rotatable bonds is 3. The first kappa shape index (κ1) is 17.0. The van der Waals surface area contributed by atoms with Crippen molar-refractivity contribution in [2.45, 2.75) is 44.9 Å². The van der Waals surface area contributed by atoms with Gasteiger partial charge in [-0.05, 0) is 76.0 Å². The predicted octanol–water partition coefficient (Wildman–Crippen LogP) is 5.81. The van der Waals surface area contributed by atoms with E-state index in [1.54, 1.807) is 22.7 Å². The molecule has 1 aliphatic carbocycles. The molecule has 1 saturated heterocycles. The number of amides is 1. The third-order valence-corrected chi connectivity index (χ3v) is 6.97. The van der Waals surface area contributed by atoms with Crippen LogP contribution in [0.25, 0.3) is 5.57 Å². The summed E-state index contributed by atoms with van der Waals surface area (Å²) in [4.78, 5) is 14.9. The molecule has 2 aromatic heterocycles. The van der Waals surface area contributed by atoms with Gasteiger partial charge in [-0.25, -0.2) is 0 Å². The van der Waals surface area contributed by atoms with Crippen molar-refractivity contribution < 1.29 is 4.79 Å². The molecule has 0 N–H and O–H groups in total. The number of thiophene rings is 2. The van der Waals surface area contributed by atoms with E-state index in [1.807, 2.05) is 0 Å². The van der Waals surface area contributed by atoms with Gasteiger partial charge in [-0.3, -0.25) is 4.79 Å². The van der Waals surface area contributed by atoms with Crippen molar-refractivity contribution in [3.63, 3.8) is 0 Å². The molecule has 0 radical (unpaired) electrons. The van der Waals surface area contributed by atoms with Gasteiger partial charge in [-0.1, -0.05) is 24.8 Å². The largest absolute Gasteiger partial charge is 0.342 e. The van der Waals surface area contributed by atoms with Gasteiger partial charge in [-0.2, -0.15) is 22.7 Å². The molecule has 4 heteroatoms. The number of likely N-dealkylation sites (tertiary alicyclic amines) is 1. The van der Waals surface area contributed by atoms with Crippen LogP contribution in [-0.4, -0.2) is 23.9 Å². The average Bonchev–Trinajstić information content (AvgIpc) is 3.38. The highest BCUT2D eigenvalue weighted by Crippen LogP contribution is 2.35. The Labute approximate surface area is 158 Å². The zero-order valence-electron chi connectivity index (χ0n) is 14.6. The van der Waals surface area contributed by atoms with Gasteiger partial charge in [0.2, 0.25) is 5.91 Å². The fraction of sp³-hybridized carbons (Fsp3) is 0.476. The second-order valence-corrected chi connectivity index (χ2v) is 8.72. The zero-order valence-corrected chi connectivity index (χ0v) is 16.2. The first-order chi connectivity index (χ1) is 12.3. The molecule has 3 heterocycles. The minimum Gasteiger partial charge on any atom is -0.342 e. The van der Waals surface area contributed by atoms with Gasteiger partial charge in [0.1, 0.15) is 0 Å². The minimum absolute atomic E-state index is 0.299. The van der Waals surface area contributed by atoms with Crippen LogP contribution < -0.4 is 0 Å². The lowest BCUT2D eigenvalue weighted by atomic mass is 9.86. The summed E-state index contributed by atoms with van der Waals surface area (Å²) < 4.78 is 0. The Kier molecular flexibility index (Phi) is 5.37. The van der Waals surface area contributed by atoms with Crippen molar-refractivity contribution in [2.75, 3.05) is 13.1 Å². The summed E-state index contributed by atoms with van der Waals surface area (Å²) in [5.41, 5.74) is 5.60. The molecule has 1 saturated carbocycles. The summed E-state index contributed by atoms with van der Waals surface area (Å²) in [6.45, 7) is 1.78. The van der Waals surface area contributed by atoms with Crippen molar-refractivity contribution in [3.8, 4) is 0 Å². The molecule has 0 bridgehead atoms. The van der Waals surface area contributed by atoms with Gasteiger partial charge in [0.15, 0.2) is 0 Å². The monoisotopic (exact) mass is 371 g/mol. The molecule has 1 amide bonds. The number of nitrogens with zero attached hydrogens (tertiary/aromatic N) is 1. The molecule has 2 nitrogen and oxygen atoms in total. The van der Waals surface area contributed by atoms with Crippen LogP contribution in [0, 0.1) is 5.92 Å². The molecule has 2 fully saturated rings. The van der Waals surface area contributed by atoms with E-state index in [0.29, 0.717) is 11.8 Å². The standard InChI is InChI=1S/C21H25NOS2/c23-21(17-4-2-1-3-5-17)22-10-6-16(7-11-22)20(18-8-12-24-14-18)19-9-13-25-15-19/h8-9,12-15,17H,1-7,10-11H2. The molecule has 4 rings (SSSR count). The predicted molar refractivity (Wildman–Crippen MR) is 107 cm³/mol. The van der Waals surface area contributed by atoms with Gasteiger partial charge < -0.3 is 4.90 Å². The topological polar surface area (TPSA) is 20.3 Å². The van der Waals surface area contributed by atoms with Crippen molar-refractivity contribution in [2.24, 2.45) is 5.92 Å². The summed E-state index contributed by atoms with van der Waals surface area (Å²) >= 11 is 3.52. The third kappa shape index (κ3) is 3.75. The maximum absolute atomic E-state index is 12.8. The van der Waals surface area contributed by atoms with Gasteiger partial charge in [0.05, 0.1) is 0 Å². The van der Waals surface area contributed by atoms with E-state index in [4.69, 9.17) is 0 Å². The quantitative estimate of drug-likeness (QED) is 0.666. The van der Waals surface area contributed by atoms with E-state index in [9.17, 15) is 4.79 Å². The van der Waals surface area contributed by atoms with Crippen LogP contribution in [0.15, 0.2) is 39.2 Å². The number of carbonyl (C=O) groups is 1. The zero-order chi connectivity index (χ0) is 17.1. The Bertz CT molecular complexity index is 678. The summed E-state index contributed by atoms with van der Waals surface area (Å²) in [5, 5.41) is 8.81. The van der Waals surface area contributed by atoms with Crippen LogP contribution in [0.2, 0.25) is 0 Å². The van der Waals surface area contributed by atoms with Crippen molar-refractivity contribution >= 4 is 34.2 Å². The smallest absolute Gasteiger partial charge is 0.225 e. The Hall–Kier alpha value is -1.39. The van der Waals surface area contributed by atoms with Gasteiger partial charge in [0, 0.05) is 19.0 Å². The highest BCUT2D eigenvalue weighted by molar-refractivity contribution is 7.08. The summed E-state index contributed by atoms with van der Waals surface area (Å²) in [7, 11) is 0. The van der Waals surface area contributed by atoms with E-state index in [0.717, 1.165) is 38.8 Å². The Morgan fingerprint density at radius 3 is 2.04 bits per heavy atom. The second-order valence-electron chi connectivity index (χ2n) is 7.16. The highest BCUT2D eigenvalue weighted by atomic mass is 32.1. The summed E-state index contributed by atoms with van der Waals surface area (Å²) in [6, 6.07) is 4.45. The number of hydrogen-bond donors (Lipinski definition) is 0. The number of hydrogen-bond acceptors (Lipinski definition) is 3. The molecule has 25 heavy (non-hydrogen) atoms. The second kappa shape index (κ2) is 7.88. The molecule has 0 atom stereocenters. The lowest BCUT2D eigenvalue weighted by molar-refractivity contribution is -0.137. The van der Waals surface area contributed by atoms with Crippen molar-refractivity contribution in [1.82, 2.24) is 4.90 Å². The number of carbonyl (C=O) groups excluding carboxylic acids is 1. The van der Waals surface area contributed by atoms with Crippen molar-refractivity contribution in [3.05, 3.63) is 50.4 Å². The molecule has 0 spiro atoms. The molecule has 2 aliphatic rings. The summed E-state index contributed by atoms with van der Waals surface area (Å²) in [5.74, 6) is 0.721. The van der Waals surface area contributed by atoms with Gasteiger partial charge in [-0.15, -0.1) is 0 Å². The van der Waals surface area contributed by atoms with E-state index in [2.05, 4.69) is 38.6 Å². The Morgan fingerprint density at radius 2 is 1.52 bits per heavy atom. The van der Waals surface area contributed by atoms with Crippen molar-refractivity contribution in [1.29, 1.82) is 0 Å². The maximum atomic E-state index is 12.8. The maximum Gasteiger partial charge on any atom is 0.225 e. The highest BCUT2D eigenvalue weighted by Gasteiger charge is 2.28. The Morgan fingerprint density at radius 1 is 0.920 bits per heavy atom. The first-order valence-corrected chi connectivity index (χ1v) is 11.3. The van der Waals surface area contributed by atoms with E-state index >= 15 is 0 Å². The van der Waals surface area contributed by atoms with E-state index < -0.39 is 0 Å². The fourth-order valence-corrected chi connectivity index (χ4v) is 5.54. The third-order valence-electron chi connectivity index (χ3n) is 5.61. The van der Waals surface area contributed by atoms with Crippen LogP contribution in [0.5, 0.6) is 0 Å². The fourth-order valence-electron chi connectivity index (χ4n) is 4.24. The Balaban J connectivity index is 1.51. The molecule has 132 valence electrons. The normalized spacial score (nSPS) is 19.2. The minimum atomic E-state index is 0.299. The average molecular weight is 372 g/mol. The van der Waals surface area contributed by atoms with E-state index in [-0.39, 0.29) is 0 Å². The molecule has 2 aromatic rings. The van der Waals surface area contributed by atoms with Crippen LogP contribution in [0.1, 0.15) is 56.1 Å². The van der Waals surface area contributed by atoms with E-state index in [1.165, 1.54) is 41.5 Å². The number of piperidine rings is 1. The lowest BCUT2D eigenvalue weighted by Crippen LogP contribution is -2.41. The first-order valence-electron chi connectivity index (χ1n) is 9.39. The van der Waals surface area contributed by atoms with Crippen LogP contribution in [0.3, 0.4) is 0 Å².